The Morgan fingerprint density at radius 1 is 1.50 bits per heavy atom. The van der Waals surface area contributed by atoms with Crippen LogP contribution in [0, 0.1) is 0 Å². The highest BCUT2D eigenvalue weighted by atomic mass is 16.6. The maximum Gasteiger partial charge on any atom is 0.347 e. The highest BCUT2D eigenvalue weighted by Gasteiger charge is 2.29. The number of ether oxygens (including phenoxy) is 3. The summed E-state index contributed by atoms with van der Waals surface area (Å²) < 4.78 is 14.4. The second-order valence-electron chi connectivity index (χ2n) is 3.95. The molecular weight excluding hydrogens is 240 g/mol. The molecule has 1 heterocycles. The first-order valence-electron chi connectivity index (χ1n) is 5.69. The Labute approximate surface area is 105 Å². The largest absolute Gasteiger partial charge is 0.463 e. The smallest absolute Gasteiger partial charge is 0.347 e. The minimum absolute atomic E-state index is 0.0905. The summed E-state index contributed by atoms with van der Waals surface area (Å²) in [4.78, 5) is 33.4. The van der Waals surface area contributed by atoms with E-state index in [0.29, 0.717) is 18.4 Å². The van der Waals surface area contributed by atoms with Gasteiger partial charge in [-0.2, -0.15) is 0 Å². The van der Waals surface area contributed by atoms with Crippen molar-refractivity contribution in [3.8, 4) is 0 Å². The van der Waals surface area contributed by atoms with E-state index in [4.69, 9.17) is 9.47 Å². The van der Waals surface area contributed by atoms with Gasteiger partial charge >= 0.3 is 17.9 Å². The van der Waals surface area contributed by atoms with Crippen LogP contribution < -0.4 is 0 Å². The third kappa shape index (κ3) is 4.57. The first-order chi connectivity index (χ1) is 8.50. The van der Waals surface area contributed by atoms with Crippen molar-refractivity contribution in [2.24, 2.45) is 0 Å². The van der Waals surface area contributed by atoms with Gasteiger partial charge in [0.2, 0.25) is 6.10 Å². The lowest BCUT2D eigenvalue weighted by Gasteiger charge is -2.08. The van der Waals surface area contributed by atoms with Crippen LogP contribution in [-0.2, 0) is 28.6 Å². The summed E-state index contributed by atoms with van der Waals surface area (Å²) in [6.07, 6.45) is 0.0534. The van der Waals surface area contributed by atoms with Crippen LogP contribution in [0.1, 0.15) is 26.2 Å². The zero-order valence-electron chi connectivity index (χ0n) is 10.3. The van der Waals surface area contributed by atoms with Gasteiger partial charge in [0, 0.05) is 18.4 Å². The van der Waals surface area contributed by atoms with Gasteiger partial charge in [-0.05, 0) is 13.3 Å². The summed E-state index contributed by atoms with van der Waals surface area (Å²) in [7, 11) is 0. The van der Waals surface area contributed by atoms with Crippen molar-refractivity contribution in [1.82, 2.24) is 0 Å². The van der Waals surface area contributed by atoms with Crippen LogP contribution in [0.4, 0.5) is 0 Å². The fourth-order valence-corrected chi connectivity index (χ4v) is 1.31. The summed E-state index contributed by atoms with van der Waals surface area (Å²) in [6, 6.07) is 0. The highest BCUT2D eigenvalue weighted by Crippen LogP contribution is 2.11. The maximum atomic E-state index is 11.3. The van der Waals surface area contributed by atoms with Crippen LogP contribution in [0.2, 0.25) is 0 Å². The van der Waals surface area contributed by atoms with Crippen molar-refractivity contribution in [1.29, 1.82) is 0 Å². The van der Waals surface area contributed by atoms with Crippen molar-refractivity contribution in [3.05, 3.63) is 12.2 Å². The molecule has 1 unspecified atom stereocenters. The summed E-state index contributed by atoms with van der Waals surface area (Å²) in [5, 5.41) is 0. The molecule has 0 radical (unpaired) electrons. The van der Waals surface area contributed by atoms with E-state index in [9.17, 15) is 14.4 Å². The molecule has 1 aliphatic heterocycles. The fraction of sp³-hybridized carbons (Fsp3) is 0.583. The topological polar surface area (TPSA) is 78.9 Å². The van der Waals surface area contributed by atoms with Crippen molar-refractivity contribution in [2.75, 3.05) is 13.2 Å². The second-order valence-corrected chi connectivity index (χ2v) is 3.95. The molecule has 1 aliphatic rings. The average Bonchev–Trinajstić information content (AvgIpc) is 2.70. The Morgan fingerprint density at radius 2 is 2.22 bits per heavy atom. The molecule has 18 heavy (non-hydrogen) atoms. The van der Waals surface area contributed by atoms with Crippen LogP contribution in [-0.4, -0.2) is 37.2 Å². The van der Waals surface area contributed by atoms with E-state index in [1.165, 1.54) is 0 Å². The lowest BCUT2D eigenvalue weighted by atomic mass is 10.3. The Kier molecular flexibility index (Phi) is 5.35. The average molecular weight is 256 g/mol. The minimum Gasteiger partial charge on any atom is -0.463 e. The van der Waals surface area contributed by atoms with E-state index >= 15 is 0 Å². The molecule has 1 fully saturated rings. The highest BCUT2D eigenvalue weighted by molar-refractivity contribution is 5.86. The molecule has 6 heteroatoms. The molecule has 0 N–H and O–H groups in total. The van der Waals surface area contributed by atoms with Crippen molar-refractivity contribution in [2.45, 2.75) is 32.3 Å². The van der Waals surface area contributed by atoms with Gasteiger partial charge in [-0.25, -0.2) is 9.59 Å². The zero-order valence-corrected chi connectivity index (χ0v) is 10.3. The molecule has 1 rings (SSSR count). The molecule has 1 saturated heterocycles. The lowest BCUT2D eigenvalue weighted by molar-refractivity contribution is -0.160. The maximum absolute atomic E-state index is 11.3. The van der Waals surface area contributed by atoms with Crippen molar-refractivity contribution >= 4 is 17.9 Å². The van der Waals surface area contributed by atoms with E-state index in [0.717, 1.165) is 0 Å². The van der Waals surface area contributed by atoms with Gasteiger partial charge in [0.25, 0.3) is 0 Å². The number of rotatable bonds is 6. The van der Waals surface area contributed by atoms with E-state index < -0.39 is 24.0 Å². The standard InChI is InChI=1S/C12H16O6/c1-8(2)11(14)16-6-3-4-10(13)18-9-5-7-17-12(9)15/h9H,1,3-7H2,2H3. The monoisotopic (exact) mass is 256 g/mol. The third-order valence-corrected chi connectivity index (χ3v) is 2.27. The SMILES string of the molecule is C=C(C)C(=O)OCCCC(=O)OC1CCOC1=O. The Hall–Kier alpha value is -1.85. The molecule has 0 aromatic heterocycles. The molecular formula is C12H16O6. The molecule has 0 aromatic carbocycles. The summed E-state index contributed by atoms with van der Waals surface area (Å²) in [6.45, 7) is 5.38. The summed E-state index contributed by atoms with van der Waals surface area (Å²) in [5.74, 6) is -1.48. The van der Waals surface area contributed by atoms with Gasteiger partial charge in [-0.3, -0.25) is 4.79 Å². The molecule has 6 nitrogen and oxygen atoms in total. The van der Waals surface area contributed by atoms with Crippen LogP contribution in [0.15, 0.2) is 12.2 Å². The van der Waals surface area contributed by atoms with Gasteiger partial charge in [-0.1, -0.05) is 6.58 Å². The van der Waals surface area contributed by atoms with Crippen LogP contribution in [0.25, 0.3) is 0 Å². The predicted molar refractivity (Wildman–Crippen MR) is 60.5 cm³/mol. The fourth-order valence-electron chi connectivity index (χ4n) is 1.31. The Bertz CT molecular complexity index is 360. The molecule has 0 bridgehead atoms. The van der Waals surface area contributed by atoms with Gasteiger partial charge in [0.05, 0.1) is 13.2 Å². The molecule has 0 spiro atoms. The first-order valence-corrected chi connectivity index (χ1v) is 5.69. The number of cyclic esters (lactones) is 1. The van der Waals surface area contributed by atoms with E-state index in [2.05, 4.69) is 11.3 Å². The Balaban J connectivity index is 2.12. The molecule has 0 aromatic rings. The van der Waals surface area contributed by atoms with Crippen LogP contribution in [0.3, 0.4) is 0 Å². The van der Waals surface area contributed by atoms with E-state index in [1.807, 2.05) is 0 Å². The summed E-state index contributed by atoms with van der Waals surface area (Å²) >= 11 is 0. The molecule has 1 atom stereocenters. The number of hydrogen-bond donors (Lipinski definition) is 0. The first kappa shape index (κ1) is 14.2. The molecule has 0 aliphatic carbocycles. The van der Waals surface area contributed by atoms with Crippen LogP contribution >= 0.6 is 0 Å². The normalized spacial score (nSPS) is 18.1. The number of hydrogen-bond acceptors (Lipinski definition) is 6. The lowest BCUT2D eigenvalue weighted by Crippen LogP contribution is -2.22. The quantitative estimate of drug-likeness (QED) is 0.302. The zero-order chi connectivity index (χ0) is 13.5. The van der Waals surface area contributed by atoms with E-state index in [1.54, 1.807) is 6.92 Å². The Morgan fingerprint density at radius 3 is 2.78 bits per heavy atom. The van der Waals surface area contributed by atoms with Gasteiger partial charge in [0.1, 0.15) is 0 Å². The van der Waals surface area contributed by atoms with Crippen molar-refractivity contribution < 1.29 is 28.6 Å². The van der Waals surface area contributed by atoms with E-state index in [-0.39, 0.29) is 19.6 Å². The number of esters is 3. The summed E-state index contributed by atoms with van der Waals surface area (Å²) in [5.41, 5.74) is 0.311. The minimum atomic E-state index is -0.782. The van der Waals surface area contributed by atoms with Crippen molar-refractivity contribution in [3.63, 3.8) is 0 Å². The molecule has 0 saturated carbocycles. The second kappa shape index (κ2) is 6.78. The van der Waals surface area contributed by atoms with Gasteiger partial charge in [0.15, 0.2) is 0 Å². The number of carbonyl (C=O) groups excluding carboxylic acids is 3. The van der Waals surface area contributed by atoms with Crippen LogP contribution in [0.5, 0.6) is 0 Å². The molecule has 100 valence electrons. The molecule has 0 amide bonds. The predicted octanol–water partition coefficient (Wildman–Crippen LogP) is 0.745. The third-order valence-electron chi connectivity index (χ3n) is 2.27. The number of carbonyl (C=O) groups is 3. The van der Waals surface area contributed by atoms with Gasteiger partial charge in [-0.15, -0.1) is 0 Å². The van der Waals surface area contributed by atoms with Gasteiger partial charge < -0.3 is 14.2 Å².